The molecule has 0 aromatic heterocycles. The fraction of sp³-hybridized carbons (Fsp3) is 0.917. The fourth-order valence-electron chi connectivity index (χ4n) is 1.39. The molecule has 0 aliphatic carbocycles. The number of hydrogen-bond acceptors (Lipinski definition) is 5. The zero-order valence-corrected chi connectivity index (χ0v) is 11.2. The van der Waals surface area contributed by atoms with Crippen LogP contribution in [0, 0.1) is 0 Å². The Labute approximate surface area is 103 Å². The third-order valence-corrected chi connectivity index (χ3v) is 2.21. The van der Waals surface area contributed by atoms with Crippen molar-refractivity contribution < 1.29 is 9.47 Å². The molecule has 0 amide bonds. The second-order valence-corrected chi connectivity index (χ2v) is 4.62. The first-order valence-electron chi connectivity index (χ1n) is 6.28. The van der Waals surface area contributed by atoms with E-state index in [1.807, 2.05) is 27.7 Å². The maximum atomic E-state index is 5.46. The summed E-state index contributed by atoms with van der Waals surface area (Å²) >= 11 is 0. The molecule has 0 saturated heterocycles. The largest absolute Gasteiger partial charge is 0.379 e. The summed E-state index contributed by atoms with van der Waals surface area (Å²) in [6, 6.07) is 0. The highest BCUT2D eigenvalue weighted by Crippen LogP contribution is 2.12. The zero-order chi connectivity index (χ0) is 12.7. The van der Waals surface area contributed by atoms with Crippen LogP contribution in [0.3, 0.4) is 0 Å². The SMILES string of the molecule is CC(C)OCCC1=NC(CCOC(C)C)N=N1. The van der Waals surface area contributed by atoms with Gasteiger partial charge in [0.2, 0.25) is 0 Å². The van der Waals surface area contributed by atoms with Crippen LogP contribution >= 0.6 is 0 Å². The molecule has 1 atom stereocenters. The molecule has 1 unspecified atom stereocenters. The molecule has 0 fully saturated rings. The van der Waals surface area contributed by atoms with Gasteiger partial charge < -0.3 is 9.47 Å². The molecule has 0 bridgehead atoms. The molecule has 1 aliphatic rings. The summed E-state index contributed by atoms with van der Waals surface area (Å²) in [7, 11) is 0. The minimum Gasteiger partial charge on any atom is -0.379 e. The van der Waals surface area contributed by atoms with Crippen molar-refractivity contribution in [1.29, 1.82) is 0 Å². The first kappa shape index (κ1) is 14.3. The number of azo groups is 1. The molecule has 0 aromatic rings. The molecule has 17 heavy (non-hydrogen) atoms. The quantitative estimate of drug-likeness (QED) is 0.656. The summed E-state index contributed by atoms with van der Waals surface area (Å²) in [6.45, 7) is 9.42. The van der Waals surface area contributed by atoms with Crippen LogP contribution in [0.25, 0.3) is 0 Å². The summed E-state index contributed by atoms with van der Waals surface area (Å²) in [4.78, 5) is 4.41. The number of hydrogen-bond donors (Lipinski definition) is 0. The Morgan fingerprint density at radius 2 is 1.71 bits per heavy atom. The second kappa shape index (κ2) is 7.50. The summed E-state index contributed by atoms with van der Waals surface area (Å²) in [5.41, 5.74) is 0. The van der Waals surface area contributed by atoms with Crippen LogP contribution in [-0.2, 0) is 9.47 Å². The first-order valence-corrected chi connectivity index (χ1v) is 6.28. The van der Waals surface area contributed by atoms with Crippen LogP contribution in [0.5, 0.6) is 0 Å². The van der Waals surface area contributed by atoms with E-state index in [1.165, 1.54) is 0 Å². The Hall–Kier alpha value is -0.810. The van der Waals surface area contributed by atoms with Crippen molar-refractivity contribution in [2.45, 2.75) is 58.9 Å². The lowest BCUT2D eigenvalue weighted by Gasteiger charge is -2.07. The predicted molar refractivity (Wildman–Crippen MR) is 67.5 cm³/mol. The van der Waals surface area contributed by atoms with Crippen molar-refractivity contribution in [1.82, 2.24) is 0 Å². The maximum Gasteiger partial charge on any atom is 0.165 e. The van der Waals surface area contributed by atoms with Gasteiger partial charge in [-0.1, -0.05) is 0 Å². The van der Waals surface area contributed by atoms with Crippen molar-refractivity contribution in [2.75, 3.05) is 13.2 Å². The van der Waals surface area contributed by atoms with Crippen molar-refractivity contribution >= 4 is 5.84 Å². The van der Waals surface area contributed by atoms with Crippen molar-refractivity contribution in [3.8, 4) is 0 Å². The average molecular weight is 241 g/mol. The molecule has 5 heteroatoms. The Bertz CT molecular complexity index is 275. The van der Waals surface area contributed by atoms with Crippen molar-refractivity contribution in [3.63, 3.8) is 0 Å². The van der Waals surface area contributed by atoms with E-state index in [9.17, 15) is 0 Å². The van der Waals surface area contributed by atoms with Crippen LogP contribution in [0.2, 0.25) is 0 Å². The van der Waals surface area contributed by atoms with E-state index in [1.54, 1.807) is 0 Å². The normalized spacial score (nSPS) is 19.4. The molecule has 0 spiro atoms. The lowest BCUT2D eigenvalue weighted by Crippen LogP contribution is -2.10. The van der Waals surface area contributed by atoms with Crippen LogP contribution in [0.4, 0.5) is 0 Å². The van der Waals surface area contributed by atoms with Gasteiger partial charge >= 0.3 is 0 Å². The summed E-state index contributed by atoms with van der Waals surface area (Å²) in [6.07, 6.45) is 2.00. The van der Waals surface area contributed by atoms with Gasteiger partial charge in [-0.15, -0.1) is 5.11 Å². The molecule has 1 aliphatic heterocycles. The van der Waals surface area contributed by atoms with E-state index in [0.717, 1.165) is 18.7 Å². The average Bonchev–Trinajstić information content (AvgIpc) is 2.65. The van der Waals surface area contributed by atoms with Gasteiger partial charge in [0.1, 0.15) is 5.84 Å². The topological polar surface area (TPSA) is 55.5 Å². The third kappa shape index (κ3) is 6.48. The molecule has 1 heterocycles. The Balaban J connectivity index is 2.15. The third-order valence-electron chi connectivity index (χ3n) is 2.21. The van der Waals surface area contributed by atoms with Crippen molar-refractivity contribution in [3.05, 3.63) is 0 Å². The van der Waals surface area contributed by atoms with E-state index in [2.05, 4.69) is 15.2 Å². The van der Waals surface area contributed by atoms with Gasteiger partial charge in [0, 0.05) is 12.8 Å². The molecule has 0 aromatic carbocycles. The van der Waals surface area contributed by atoms with Gasteiger partial charge in [0.05, 0.1) is 25.4 Å². The highest BCUT2D eigenvalue weighted by atomic mass is 16.5. The van der Waals surface area contributed by atoms with Gasteiger partial charge in [-0.25, -0.2) is 4.99 Å². The lowest BCUT2D eigenvalue weighted by atomic mass is 10.3. The van der Waals surface area contributed by atoms with Gasteiger partial charge in [-0.3, -0.25) is 0 Å². The molecular weight excluding hydrogens is 218 g/mol. The predicted octanol–water partition coefficient (Wildman–Crippen LogP) is 2.81. The molecule has 5 nitrogen and oxygen atoms in total. The minimum atomic E-state index is -0.0530. The van der Waals surface area contributed by atoms with Gasteiger partial charge in [-0.05, 0) is 27.7 Å². The van der Waals surface area contributed by atoms with E-state index in [0.29, 0.717) is 13.2 Å². The van der Waals surface area contributed by atoms with E-state index < -0.39 is 0 Å². The van der Waals surface area contributed by atoms with Gasteiger partial charge in [0.25, 0.3) is 0 Å². The molecule has 98 valence electrons. The Morgan fingerprint density at radius 1 is 1.06 bits per heavy atom. The molecule has 0 saturated carbocycles. The number of rotatable bonds is 8. The maximum absolute atomic E-state index is 5.46. The van der Waals surface area contributed by atoms with E-state index in [-0.39, 0.29) is 18.4 Å². The van der Waals surface area contributed by atoms with E-state index in [4.69, 9.17) is 9.47 Å². The molecule has 0 N–H and O–H groups in total. The molecular formula is C12H23N3O2. The summed E-state index contributed by atoms with van der Waals surface area (Å²) in [5, 5.41) is 8.15. The summed E-state index contributed by atoms with van der Waals surface area (Å²) in [5.74, 6) is 0.792. The fourth-order valence-corrected chi connectivity index (χ4v) is 1.39. The Kier molecular flexibility index (Phi) is 6.29. The first-order chi connectivity index (χ1) is 8.08. The number of ether oxygens (including phenoxy) is 2. The Morgan fingerprint density at radius 3 is 2.35 bits per heavy atom. The smallest absolute Gasteiger partial charge is 0.165 e. The van der Waals surface area contributed by atoms with Crippen LogP contribution in [-0.4, -0.2) is 37.4 Å². The summed E-state index contributed by atoms with van der Waals surface area (Å²) < 4.78 is 10.9. The van der Waals surface area contributed by atoms with Crippen molar-refractivity contribution in [2.24, 2.45) is 15.2 Å². The highest BCUT2D eigenvalue weighted by molar-refractivity contribution is 5.83. The van der Waals surface area contributed by atoms with Gasteiger partial charge in [-0.2, -0.15) is 5.11 Å². The zero-order valence-electron chi connectivity index (χ0n) is 11.2. The number of amidine groups is 1. The second-order valence-electron chi connectivity index (χ2n) is 4.62. The lowest BCUT2D eigenvalue weighted by molar-refractivity contribution is 0.0741. The van der Waals surface area contributed by atoms with E-state index >= 15 is 0 Å². The molecule has 0 radical (unpaired) electrons. The van der Waals surface area contributed by atoms with Crippen LogP contribution in [0.15, 0.2) is 15.2 Å². The molecule has 1 rings (SSSR count). The number of nitrogens with zero attached hydrogens (tertiary/aromatic N) is 3. The van der Waals surface area contributed by atoms with Crippen LogP contribution in [0.1, 0.15) is 40.5 Å². The van der Waals surface area contributed by atoms with Crippen LogP contribution < -0.4 is 0 Å². The highest BCUT2D eigenvalue weighted by Gasteiger charge is 2.14. The monoisotopic (exact) mass is 241 g/mol. The standard InChI is InChI=1S/C12H23N3O2/c1-9(2)16-7-5-11-13-12(15-14-11)6-8-17-10(3)4/h9-11H,5-8H2,1-4H3. The van der Waals surface area contributed by atoms with Gasteiger partial charge in [0.15, 0.2) is 6.17 Å². The minimum absolute atomic E-state index is 0.0530. The number of aliphatic imine (C=N–C) groups is 1.